The van der Waals surface area contributed by atoms with Crippen LogP contribution < -0.4 is 9.46 Å². The second kappa shape index (κ2) is 9.66. The number of fused-ring (bicyclic) bond motifs is 1. The fourth-order valence-corrected chi connectivity index (χ4v) is 6.18. The molecule has 0 atom stereocenters. The van der Waals surface area contributed by atoms with Gasteiger partial charge in [0.05, 0.1) is 11.4 Å². The van der Waals surface area contributed by atoms with Crippen molar-refractivity contribution in [3.63, 3.8) is 0 Å². The van der Waals surface area contributed by atoms with E-state index in [9.17, 15) is 8.42 Å². The van der Waals surface area contributed by atoms with Crippen molar-refractivity contribution in [2.24, 2.45) is 4.99 Å². The number of halogens is 1. The van der Waals surface area contributed by atoms with Crippen molar-refractivity contribution in [2.45, 2.75) is 71.9 Å². The molecule has 1 aliphatic heterocycles. The molecule has 180 valence electrons. The van der Waals surface area contributed by atoms with Crippen LogP contribution in [0.5, 0.6) is 5.75 Å². The van der Waals surface area contributed by atoms with Crippen molar-refractivity contribution in [1.82, 2.24) is 9.62 Å². The molecular formula is C25H34BrN3O3S. The number of nitrogens with one attached hydrogen (secondary N) is 1. The Hall–Kier alpha value is -2.06. The fourth-order valence-electron chi connectivity index (χ4n) is 4.29. The number of benzene rings is 2. The van der Waals surface area contributed by atoms with Crippen molar-refractivity contribution < 1.29 is 13.2 Å². The molecule has 2 aromatic rings. The normalized spacial score (nSPS) is 15.2. The molecule has 0 bridgehead atoms. The predicted molar refractivity (Wildman–Crippen MR) is 138 cm³/mol. The van der Waals surface area contributed by atoms with E-state index in [0.29, 0.717) is 42.5 Å². The van der Waals surface area contributed by atoms with Gasteiger partial charge in [-0.2, -0.15) is 0 Å². The van der Waals surface area contributed by atoms with Gasteiger partial charge >= 0.3 is 0 Å². The third kappa shape index (κ3) is 5.38. The molecule has 6 nitrogen and oxygen atoms in total. The number of aliphatic imine (C=N–C) groups is 1. The van der Waals surface area contributed by atoms with E-state index in [-0.39, 0.29) is 5.60 Å². The fraction of sp³-hybridized carbons (Fsp3) is 0.480. The van der Waals surface area contributed by atoms with Crippen LogP contribution in [0.15, 0.2) is 38.6 Å². The molecule has 0 unspecified atom stereocenters. The van der Waals surface area contributed by atoms with Crippen molar-refractivity contribution in [2.75, 3.05) is 13.1 Å². The number of nitrogens with zero attached hydrogens (tertiary/aromatic N) is 2. The Bertz CT molecular complexity index is 1170. The first-order valence-corrected chi connectivity index (χ1v) is 13.6. The minimum absolute atomic E-state index is 0.323. The summed E-state index contributed by atoms with van der Waals surface area (Å²) in [7, 11) is -3.86. The van der Waals surface area contributed by atoms with Gasteiger partial charge in [0.15, 0.2) is 0 Å². The molecule has 0 saturated carbocycles. The highest BCUT2D eigenvalue weighted by Crippen LogP contribution is 2.43. The first-order valence-electron chi connectivity index (χ1n) is 11.3. The maximum atomic E-state index is 13.7. The molecule has 2 aromatic carbocycles. The Kier molecular flexibility index (Phi) is 7.49. The third-order valence-corrected chi connectivity index (χ3v) is 8.30. The van der Waals surface area contributed by atoms with Gasteiger partial charge in [-0.25, -0.2) is 18.1 Å². The number of sulfonamides is 1. The van der Waals surface area contributed by atoms with E-state index in [4.69, 9.17) is 4.74 Å². The molecule has 3 rings (SSSR count). The number of hydrogen-bond donors (Lipinski definition) is 1. The standard InChI is InChI=1S/C25H34BrN3O3S/c1-8-29(9-2)24(27-15-19-10-12-20(26)13-11-19)28-33(30,31)23-17(4)16(3)22-21(18(23)5)14-25(6,7)32-22/h10-13H,8-9,14-15H2,1-7H3,(H,27,28). The van der Waals surface area contributed by atoms with E-state index in [0.717, 1.165) is 32.5 Å². The van der Waals surface area contributed by atoms with Crippen molar-refractivity contribution in [1.29, 1.82) is 0 Å². The molecule has 0 aromatic heterocycles. The van der Waals surface area contributed by atoms with Crippen molar-refractivity contribution in [3.8, 4) is 5.75 Å². The van der Waals surface area contributed by atoms with E-state index in [1.807, 2.05) is 77.6 Å². The van der Waals surface area contributed by atoms with Crippen LogP contribution in [0.4, 0.5) is 0 Å². The SMILES string of the molecule is CCN(CC)C(=NCc1ccc(Br)cc1)NS(=O)(=O)c1c(C)c(C)c2c(c1C)CC(C)(C)O2. The lowest BCUT2D eigenvalue weighted by Crippen LogP contribution is -2.44. The number of hydrogen-bond acceptors (Lipinski definition) is 4. The van der Waals surface area contributed by atoms with E-state index < -0.39 is 10.0 Å². The molecule has 0 amide bonds. The summed E-state index contributed by atoms with van der Waals surface area (Å²) in [6.45, 7) is 15.4. The number of ether oxygens (including phenoxy) is 1. The lowest BCUT2D eigenvalue weighted by atomic mass is 9.94. The van der Waals surface area contributed by atoms with Crippen LogP contribution in [-0.4, -0.2) is 38.0 Å². The summed E-state index contributed by atoms with van der Waals surface area (Å²) in [5.41, 5.74) is 3.96. The molecule has 33 heavy (non-hydrogen) atoms. The van der Waals surface area contributed by atoms with Crippen molar-refractivity contribution in [3.05, 3.63) is 56.6 Å². The minimum atomic E-state index is -3.86. The summed E-state index contributed by atoms with van der Waals surface area (Å²) in [5.74, 6) is 1.18. The molecule has 0 fully saturated rings. The Labute approximate surface area is 206 Å². The Morgan fingerprint density at radius 1 is 1.09 bits per heavy atom. The van der Waals surface area contributed by atoms with Gasteiger partial charge in [-0.1, -0.05) is 28.1 Å². The largest absolute Gasteiger partial charge is 0.487 e. The zero-order valence-corrected chi connectivity index (χ0v) is 22.9. The van der Waals surface area contributed by atoms with E-state index in [1.54, 1.807) is 0 Å². The second-order valence-corrected chi connectivity index (χ2v) is 11.6. The van der Waals surface area contributed by atoms with Crippen LogP contribution in [-0.2, 0) is 23.0 Å². The highest BCUT2D eigenvalue weighted by molar-refractivity contribution is 9.10. The molecule has 0 radical (unpaired) electrons. The molecule has 1 heterocycles. The van der Waals surface area contributed by atoms with Crippen LogP contribution in [0.2, 0.25) is 0 Å². The van der Waals surface area contributed by atoms with Crippen LogP contribution in [0.25, 0.3) is 0 Å². The van der Waals surface area contributed by atoms with Crippen LogP contribution >= 0.6 is 15.9 Å². The topological polar surface area (TPSA) is 71.0 Å². The molecule has 0 spiro atoms. The summed E-state index contributed by atoms with van der Waals surface area (Å²) in [6.07, 6.45) is 0.679. The zero-order chi connectivity index (χ0) is 24.6. The first kappa shape index (κ1) is 25.6. The van der Waals surface area contributed by atoms with Gasteiger partial charge in [0.25, 0.3) is 10.0 Å². The van der Waals surface area contributed by atoms with Gasteiger partial charge < -0.3 is 9.64 Å². The molecule has 1 N–H and O–H groups in total. The first-order chi connectivity index (χ1) is 15.4. The van der Waals surface area contributed by atoms with Gasteiger partial charge in [0, 0.05) is 29.5 Å². The molecule has 0 aliphatic carbocycles. The van der Waals surface area contributed by atoms with Gasteiger partial charge in [-0.15, -0.1) is 0 Å². The Morgan fingerprint density at radius 3 is 2.27 bits per heavy atom. The maximum Gasteiger partial charge on any atom is 0.264 e. The van der Waals surface area contributed by atoms with Gasteiger partial charge in [-0.05, 0) is 82.9 Å². The lowest BCUT2D eigenvalue weighted by molar-refractivity contribution is 0.137. The smallest absolute Gasteiger partial charge is 0.264 e. The van der Waals surface area contributed by atoms with Crippen molar-refractivity contribution >= 4 is 31.9 Å². The quantitative estimate of drug-likeness (QED) is 0.404. The monoisotopic (exact) mass is 535 g/mol. The highest BCUT2D eigenvalue weighted by atomic mass is 79.9. The average molecular weight is 537 g/mol. The van der Waals surface area contributed by atoms with E-state index >= 15 is 0 Å². The van der Waals surface area contributed by atoms with Crippen LogP contribution in [0.1, 0.15) is 55.5 Å². The Morgan fingerprint density at radius 2 is 1.70 bits per heavy atom. The van der Waals surface area contributed by atoms with Gasteiger partial charge in [-0.3, -0.25) is 0 Å². The summed E-state index contributed by atoms with van der Waals surface area (Å²) in [6, 6.07) is 7.86. The minimum Gasteiger partial charge on any atom is -0.487 e. The second-order valence-electron chi connectivity index (χ2n) is 9.09. The third-order valence-electron chi connectivity index (χ3n) is 6.17. The lowest BCUT2D eigenvalue weighted by Gasteiger charge is -2.25. The summed E-state index contributed by atoms with van der Waals surface area (Å²) >= 11 is 3.44. The van der Waals surface area contributed by atoms with Crippen LogP contribution in [0.3, 0.4) is 0 Å². The highest BCUT2D eigenvalue weighted by Gasteiger charge is 2.37. The zero-order valence-electron chi connectivity index (χ0n) is 20.5. The van der Waals surface area contributed by atoms with E-state index in [1.165, 1.54) is 0 Å². The van der Waals surface area contributed by atoms with E-state index in [2.05, 4.69) is 25.6 Å². The molecular weight excluding hydrogens is 502 g/mol. The van der Waals surface area contributed by atoms with Gasteiger partial charge in [0.2, 0.25) is 5.96 Å². The molecule has 0 saturated heterocycles. The van der Waals surface area contributed by atoms with Crippen LogP contribution in [0, 0.1) is 20.8 Å². The molecule has 1 aliphatic rings. The average Bonchev–Trinajstić information content (AvgIpc) is 3.08. The summed E-state index contributed by atoms with van der Waals surface area (Å²) in [5, 5.41) is 0. The molecule has 8 heteroatoms. The maximum absolute atomic E-state index is 13.7. The summed E-state index contributed by atoms with van der Waals surface area (Å²) in [4.78, 5) is 6.91. The Balaban J connectivity index is 2.02. The number of guanidine groups is 1. The summed E-state index contributed by atoms with van der Waals surface area (Å²) < 4.78 is 37.4. The predicted octanol–water partition coefficient (Wildman–Crippen LogP) is 5.26. The number of rotatable bonds is 6. The van der Waals surface area contributed by atoms with Gasteiger partial charge in [0.1, 0.15) is 11.4 Å².